The van der Waals surface area contributed by atoms with Crippen molar-refractivity contribution in [3.8, 4) is 11.1 Å². The molecule has 0 saturated heterocycles. The van der Waals surface area contributed by atoms with E-state index >= 15 is 0 Å². The molecule has 106 valence electrons. The van der Waals surface area contributed by atoms with Crippen LogP contribution < -0.4 is 0 Å². The summed E-state index contributed by atoms with van der Waals surface area (Å²) in [5.41, 5.74) is 6.45. The van der Waals surface area contributed by atoms with Gasteiger partial charge >= 0.3 is 0 Å². The summed E-state index contributed by atoms with van der Waals surface area (Å²) in [4.78, 5) is 0. The number of hydrogen-bond donors (Lipinski definition) is 2. The summed E-state index contributed by atoms with van der Waals surface area (Å²) in [5.74, 6) is 0. The van der Waals surface area contributed by atoms with E-state index in [9.17, 15) is 10.2 Å². The zero-order chi connectivity index (χ0) is 14.8. The fraction of sp³-hybridized carbons (Fsp3) is 0.100. The summed E-state index contributed by atoms with van der Waals surface area (Å²) >= 11 is 0. The Hall–Kier alpha value is -2.42. The molecule has 2 atom stereocenters. The molecule has 2 heteroatoms. The van der Waals surface area contributed by atoms with E-state index in [1.165, 1.54) is 5.56 Å². The number of fused-ring (bicyclic) bond motifs is 5. The van der Waals surface area contributed by atoms with E-state index in [0.717, 1.165) is 38.6 Å². The van der Waals surface area contributed by atoms with Crippen LogP contribution in [0.3, 0.4) is 0 Å². The van der Waals surface area contributed by atoms with Crippen molar-refractivity contribution in [2.45, 2.75) is 12.2 Å². The first-order valence-corrected chi connectivity index (χ1v) is 7.49. The van der Waals surface area contributed by atoms with Crippen molar-refractivity contribution in [1.82, 2.24) is 0 Å². The van der Waals surface area contributed by atoms with Gasteiger partial charge in [0, 0.05) is 0 Å². The largest absolute Gasteiger partial charge is 0.386 e. The third-order valence-corrected chi connectivity index (χ3v) is 4.82. The van der Waals surface area contributed by atoms with Gasteiger partial charge in [-0.2, -0.15) is 0 Å². The molecular weight excluding hydrogens is 272 g/mol. The van der Waals surface area contributed by atoms with Gasteiger partial charge < -0.3 is 10.2 Å². The summed E-state index contributed by atoms with van der Waals surface area (Å²) in [7, 11) is 0. The zero-order valence-corrected chi connectivity index (χ0v) is 11.8. The highest BCUT2D eigenvalue weighted by Crippen LogP contribution is 2.52. The van der Waals surface area contributed by atoms with E-state index < -0.39 is 12.2 Å². The van der Waals surface area contributed by atoms with Crippen LogP contribution in [0.15, 0.2) is 60.7 Å². The number of aliphatic hydroxyl groups is 2. The van der Waals surface area contributed by atoms with Crippen molar-refractivity contribution in [2.24, 2.45) is 0 Å². The molecule has 3 aromatic carbocycles. The Morgan fingerprint density at radius 2 is 1.50 bits per heavy atom. The van der Waals surface area contributed by atoms with Gasteiger partial charge in [-0.1, -0.05) is 48.5 Å². The van der Waals surface area contributed by atoms with Crippen LogP contribution in [-0.4, -0.2) is 16.3 Å². The first-order valence-electron chi connectivity index (χ1n) is 7.49. The Labute approximate surface area is 128 Å². The number of hydrogen-bond acceptors (Lipinski definition) is 2. The first-order chi connectivity index (χ1) is 10.8. The Balaban J connectivity index is 2.02. The van der Waals surface area contributed by atoms with E-state index in [-0.39, 0.29) is 0 Å². The molecule has 0 aliphatic heterocycles. The maximum absolute atomic E-state index is 10.6. The van der Waals surface area contributed by atoms with Crippen molar-refractivity contribution in [1.29, 1.82) is 0 Å². The average molecular weight is 286 g/mol. The molecule has 0 aromatic heterocycles. The predicted molar refractivity (Wildman–Crippen MR) is 87.4 cm³/mol. The van der Waals surface area contributed by atoms with Gasteiger partial charge in [-0.15, -0.1) is 0 Å². The predicted octanol–water partition coefficient (Wildman–Crippen LogP) is 3.66. The minimum Gasteiger partial charge on any atom is -0.386 e. The van der Waals surface area contributed by atoms with Crippen molar-refractivity contribution in [2.75, 3.05) is 0 Å². The van der Waals surface area contributed by atoms with Crippen LogP contribution in [0.25, 0.3) is 27.5 Å². The van der Waals surface area contributed by atoms with Gasteiger partial charge in [0.2, 0.25) is 0 Å². The van der Waals surface area contributed by atoms with Crippen molar-refractivity contribution < 1.29 is 10.2 Å². The first kappa shape index (κ1) is 12.2. The van der Waals surface area contributed by atoms with Crippen molar-refractivity contribution in [3.63, 3.8) is 0 Å². The standard InChI is InChI=1S/C20H14O2/c21-17-10-16-14-8-4-3-7-13(14)15-9-11-5-1-2-6-12(11)19(18(15)16)20(17)22/h1-10,17,20-22H. The Kier molecular flexibility index (Phi) is 2.25. The van der Waals surface area contributed by atoms with Crippen molar-refractivity contribution in [3.05, 3.63) is 77.4 Å². The molecule has 2 unspecified atom stereocenters. The monoisotopic (exact) mass is 286 g/mol. The van der Waals surface area contributed by atoms with Gasteiger partial charge in [0.1, 0.15) is 12.2 Å². The summed E-state index contributed by atoms with van der Waals surface area (Å²) in [5, 5.41) is 23.0. The molecule has 22 heavy (non-hydrogen) atoms. The van der Waals surface area contributed by atoms with E-state index in [1.54, 1.807) is 6.08 Å². The molecule has 2 aliphatic carbocycles. The lowest BCUT2D eigenvalue weighted by atomic mass is 9.83. The normalized spacial score (nSPS) is 21.5. The third kappa shape index (κ3) is 1.36. The Morgan fingerprint density at radius 3 is 2.36 bits per heavy atom. The minimum atomic E-state index is -0.877. The van der Waals surface area contributed by atoms with Crippen LogP contribution in [0.1, 0.15) is 22.8 Å². The Bertz CT molecular complexity index is 969. The molecule has 0 spiro atoms. The molecule has 0 bridgehead atoms. The van der Waals surface area contributed by atoms with Crippen LogP contribution in [0.5, 0.6) is 0 Å². The molecule has 2 aliphatic rings. The average Bonchev–Trinajstić information content (AvgIpc) is 2.86. The smallest absolute Gasteiger partial charge is 0.110 e. The van der Waals surface area contributed by atoms with Gasteiger partial charge in [-0.25, -0.2) is 0 Å². The number of rotatable bonds is 0. The second kappa shape index (κ2) is 4.07. The van der Waals surface area contributed by atoms with E-state index in [2.05, 4.69) is 24.3 Å². The zero-order valence-electron chi connectivity index (χ0n) is 11.8. The summed E-state index contributed by atoms with van der Waals surface area (Å²) in [6.45, 7) is 0. The molecule has 2 nitrogen and oxygen atoms in total. The fourth-order valence-electron chi connectivity index (χ4n) is 3.88. The summed E-state index contributed by atoms with van der Waals surface area (Å²) in [6, 6.07) is 18.5. The molecule has 0 saturated carbocycles. The third-order valence-electron chi connectivity index (χ3n) is 4.82. The highest BCUT2D eigenvalue weighted by atomic mass is 16.3. The molecule has 3 aromatic rings. The van der Waals surface area contributed by atoms with Gasteiger partial charge in [-0.05, 0) is 56.3 Å². The van der Waals surface area contributed by atoms with Crippen LogP contribution in [0.4, 0.5) is 0 Å². The van der Waals surface area contributed by atoms with Gasteiger partial charge in [0.15, 0.2) is 0 Å². The molecule has 0 radical (unpaired) electrons. The maximum Gasteiger partial charge on any atom is 0.110 e. The van der Waals surface area contributed by atoms with E-state index in [4.69, 9.17) is 0 Å². The summed E-state index contributed by atoms with van der Waals surface area (Å²) < 4.78 is 0. The highest BCUT2D eigenvalue weighted by Gasteiger charge is 2.35. The number of aliphatic hydroxyl groups excluding tert-OH is 2. The molecule has 0 heterocycles. The lowest BCUT2D eigenvalue weighted by Gasteiger charge is -2.26. The minimum absolute atomic E-state index is 0.856. The van der Waals surface area contributed by atoms with Gasteiger partial charge in [-0.3, -0.25) is 0 Å². The number of benzene rings is 3. The summed E-state index contributed by atoms with van der Waals surface area (Å²) in [6.07, 6.45) is 0.0436. The SMILES string of the molecule is OC1C=C2c3ccccc3-c3cc4ccccc4c(c32)C1O. The second-order valence-corrected chi connectivity index (χ2v) is 6.00. The highest BCUT2D eigenvalue weighted by molar-refractivity contribution is 6.08. The van der Waals surface area contributed by atoms with Gasteiger partial charge in [0.25, 0.3) is 0 Å². The molecule has 5 rings (SSSR count). The topological polar surface area (TPSA) is 40.5 Å². The van der Waals surface area contributed by atoms with Crippen LogP contribution in [0.2, 0.25) is 0 Å². The van der Waals surface area contributed by atoms with Crippen LogP contribution in [0, 0.1) is 0 Å². The second-order valence-electron chi connectivity index (χ2n) is 6.00. The Morgan fingerprint density at radius 1 is 0.773 bits per heavy atom. The van der Waals surface area contributed by atoms with E-state index in [0.29, 0.717) is 0 Å². The van der Waals surface area contributed by atoms with Crippen LogP contribution >= 0.6 is 0 Å². The maximum atomic E-state index is 10.6. The lowest BCUT2D eigenvalue weighted by molar-refractivity contribution is 0.0477. The van der Waals surface area contributed by atoms with Crippen molar-refractivity contribution >= 4 is 16.3 Å². The fourth-order valence-corrected chi connectivity index (χ4v) is 3.88. The molecule has 0 fully saturated rings. The quantitative estimate of drug-likeness (QED) is 0.518. The van der Waals surface area contributed by atoms with E-state index in [1.807, 2.05) is 30.3 Å². The lowest BCUT2D eigenvalue weighted by Crippen LogP contribution is -2.21. The molecule has 2 N–H and O–H groups in total. The molecule has 0 amide bonds. The van der Waals surface area contributed by atoms with Gasteiger partial charge in [0.05, 0.1) is 0 Å². The molecular formula is C20H14O2. The van der Waals surface area contributed by atoms with Crippen LogP contribution in [-0.2, 0) is 0 Å².